The van der Waals surface area contributed by atoms with Crippen LogP contribution in [0.1, 0.15) is 11.1 Å². The molecule has 0 saturated carbocycles. The SMILES string of the molecule is CN(Cc1ccc([N+](=O)[O-])cc1)Cc1cnn(-c2ccccc2)c1. The third-order valence-corrected chi connectivity index (χ3v) is 3.71. The van der Waals surface area contributed by atoms with Gasteiger partial charge in [0.25, 0.3) is 5.69 Å². The van der Waals surface area contributed by atoms with Gasteiger partial charge in [-0.2, -0.15) is 5.10 Å². The fourth-order valence-electron chi connectivity index (χ4n) is 2.57. The first-order chi connectivity index (χ1) is 11.6. The molecule has 0 radical (unpaired) electrons. The minimum absolute atomic E-state index is 0.116. The molecule has 0 spiro atoms. The Bertz CT molecular complexity index is 813. The van der Waals surface area contributed by atoms with Crippen LogP contribution in [-0.4, -0.2) is 26.7 Å². The van der Waals surface area contributed by atoms with Crippen LogP contribution >= 0.6 is 0 Å². The van der Waals surface area contributed by atoms with Crippen molar-refractivity contribution in [2.75, 3.05) is 7.05 Å². The summed E-state index contributed by atoms with van der Waals surface area (Å²) in [7, 11) is 2.02. The predicted molar refractivity (Wildman–Crippen MR) is 91.8 cm³/mol. The van der Waals surface area contributed by atoms with Crippen molar-refractivity contribution in [2.24, 2.45) is 0 Å². The highest BCUT2D eigenvalue weighted by atomic mass is 16.6. The Morgan fingerprint density at radius 2 is 1.71 bits per heavy atom. The van der Waals surface area contributed by atoms with E-state index in [1.807, 2.05) is 54.5 Å². The topological polar surface area (TPSA) is 64.2 Å². The molecule has 1 aromatic heterocycles. The van der Waals surface area contributed by atoms with Gasteiger partial charge < -0.3 is 0 Å². The molecule has 0 N–H and O–H groups in total. The maximum absolute atomic E-state index is 10.7. The third-order valence-electron chi connectivity index (χ3n) is 3.71. The highest BCUT2D eigenvalue weighted by Crippen LogP contribution is 2.14. The number of nitro benzene ring substituents is 1. The zero-order valence-corrected chi connectivity index (χ0v) is 13.4. The van der Waals surface area contributed by atoms with E-state index in [2.05, 4.69) is 10.00 Å². The molecule has 0 saturated heterocycles. The zero-order chi connectivity index (χ0) is 16.9. The smallest absolute Gasteiger partial charge is 0.269 e. The second-order valence-electron chi connectivity index (χ2n) is 5.72. The normalized spacial score (nSPS) is 10.9. The molecule has 0 bridgehead atoms. The molecule has 0 fully saturated rings. The van der Waals surface area contributed by atoms with E-state index in [1.54, 1.807) is 12.1 Å². The Labute approximate surface area is 140 Å². The molecular weight excluding hydrogens is 304 g/mol. The number of nitrogens with zero attached hydrogens (tertiary/aromatic N) is 4. The standard InChI is InChI=1S/C18H18N4O2/c1-20(12-15-7-9-18(10-8-15)22(23)24)13-16-11-19-21(14-16)17-5-3-2-4-6-17/h2-11,14H,12-13H2,1H3. The van der Waals surface area contributed by atoms with Crippen LogP contribution in [0.3, 0.4) is 0 Å². The lowest BCUT2D eigenvalue weighted by atomic mass is 10.2. The Hall–Kier alpha value is -2.99. The van der Waals surface area contributed by atoms with Gasteiger partial charge >= 0.3 is 0 Å². The largest absolute Gasteiger partial charge is 0.298 e. The minimum Gasteiger partial charge on any atom is -0.298 e. The summed E-state index contributed by atoms with van der Waals surface area (Å²) in [6.07, 6.45) is 3.88. The van der Waals surface area contributed by atoms with Crippen molar-refractivity contribution in [3.05, 3.63) is 88.2 Å². The second-order valence-corrected chi connectivity index (χ2v) is 5.72. The number of aromatic nitrogens is 2. The van der Waals surface area contributed by atoms with Crippen LogP contribution in [0.15, 0.2) is 67.0 Å². The maximum Gasteiger partial charge on any atom is 0.269 e. The molecule has 6 heteroatoms. The summed E-state index contributed by atoms with van der Waals surface area (Å²) in [5.41, 5.74) is 3.30. The van der Waals surface area contributed by atoms with Gasteiger partial charge in [-0.3, -0.25) is 15.0 Å². The van der Waals surface area contributed by atoms with Gasteiger partial charge in [-0.1, -0.05) is 30.3 Å². The highest BCUT2D eigenvalue weighted by molar-refractivity contribution is 5.33. The lowest BCUT2D eigenvalue weighted by molar-refractivity contribution is -0.384. The lowest BCUT2D eigenvalue weighted by Gasteiger charge is -2.15. The van der Waals surface area contributed by atoms with E-state index in [9.17, 15) is 10.1 Å². The Balaban J connectivity index is 1.62. The van der Waals surface area contributed by atoms with E-state index in [0.29, 0.717) is 6.54 Å². The van der Waals surface area contributed by atoms with Crippen LogP contribution in [0.2, 0.25) is 0 Å². The molecule has 0 aliphatic carbocycles. The zero-order valence-electron chi connectivity index (χ0n) is 13.4. The molecule has 3 aromatic rings. The number of benzene rings is 2. The molecule has 1 heterocycles. The molecule has 24 heavy (non-hydrogen) atoms. The van der Waals surface area contributed by atoms with E-state index in [-0.39, 0.29) is 10.6 Å². The molecule has 0 atom stereocenters. The third kappa shape index (κ3) is 3.85. The van der Waals surface area contributed by atoms with Crippen LogP contribution in [0.4, 0.5) is 5.69 Å². The van der Waals surface area contributed by atoms with Crippen molar-refractivity contribution < 1.29 is 4.92 Å². The molecule has 0 amide bonds. The first kappa shape index (κ1) is 15.9. The van der Waals surface area contributed by atoms with Gasteiger partial charge in [0.2, 0.25) is 0 Å². The van der Waals surface area contributed by atoms with Crippen LogP contribution in [0.5, 0.6) is 0 Å². The monoisotopic (exact) mass is 322 g/mol. The van der Waals surface area contributed by atoms with Crippen LogP contribution in [0.25, 0.3) is 5.69 Å². The van der Waals surface area contributed by atoms with Gasteiger partial charge in [-0.15, -0.1) is 0 Å². The number of para-hydroxylation sites is 1. The van der Waals surface area contributed by atoms with Crippen molar-refractivity contribution in [1.82, 2.24) is 14.7 Å². The van der Waals surface area contributed by atoms with Gasteiger partial charge in [-0.25, -0.2) is 4.68 Å². The maximum atomic E-state index is 10.7. The van der Waals surface area contributed by atoms with Crippen molar-refractivity contribution in [3.8, 4) is 5.69 Å². The van der Waals surface area contributed by atoms with Crippen molar-refractivity contribution in [1.29, 1.82) is 0 Å². The Morgan fingerprint density at radius 3 is 2.38 bits per heavy atom. The average molecular weight is 322 g/mol. The first-order valence-electron chi connectivity index (χ1n) is 7.62. The molecule has 0 aliphatic rings. The summed E-state index contributed by atoms with van der Waals surface area (Å²) in [4.78, 5) is 12.4. The number of rotatable bonds is 6. The fourth-order valence-corrected chi connectivity index (χ4v) is 2.57. The van der Waals surface area contributed by atoms with E-state index in [4.69, 9.17) is 0 Å². The van der Waals surface area contributed by atoms with Crippen LogP contribution in [0, 0.1) is 10.1 Å². The first-order valence-corrected chi connectivity index (χ1v) is 7.62. The van der Waals surface area contributed by atoms with Crippen LogP contribution < -0.4 is 0 Å². The van der Waals surface area contributed by atoms with Gasteiger partial charge in [0.15, 0.2) is 0 Å². The molecule has 122 valence electrons. The summed E-state index contributed by atoms with van der Waals surface area (Å²) >= 11 is 0. The van der Waals surface area contributed by atoms with Gasteiger partial charge in [0.05, 0.1) is 16.8 Å². The number of nitro groups is 1. The summed E-state index contributed by atoms with van der Waals surface area (Å²) in [5.74, 6) is 0. The molecule has 0 unspecified atom stereocenters. The number of hydrogen-bond acceptors (Lipinski definition) is 4. The predicted octanol–water partition coefficient (Wildman–Crippen LogP) is 3.41. The molecule has 3 rings (SSSR count). The van der Waals surface area contributed by atoms with Crippen molar-refractivity contribution >= 4 is 5.69 Å². The summed E-state index contributed by atoms with van der Waals surface area (Å²) in [6.45, 7) is 1.47. The van der Waals surface area contributed by atoms with Gasteiger partial charge in [0, 0.05) is 37.0 Å². The number of hydrogen-bond donors (Lipinski definition) is 0. The van der Waals surface area contributed by atoms with E-state index in [0.717, 1.165) is 23.4 Å². The summed E-state index contributed by atoms with van der Waals surface area (Å²) < 4.78 is 1.86. The average Bonchev–Trinajstić information content (AvgIpc) is 3.04. The van der Waals surface area contributed by atoms with Crippen molar-refractivity contribution in [3.63, 3.8) is 0 Å². The quantitative estimate of drug-likeness (QED) is 0.515. The van der Waals surface area contributed by atoms with Crippen molar-refractivity contribution in [2.45, 2.75) is 13.1 Å². The highest BCUT2D eigenvalue weighted by Gasteiger charge is 2.07. The van der Waals surface area contributed by atoms with E-state index >= 15 is 0 Å². The number of non-ortho nitro benzene ring substituents is 1. The second kappa shape index (κ2) is 7.06. The minimum atomic E-state index is -0.383. The molecule has 0 aliphatic heterocycles. The molecular formula is C18H18N4O2. The molecule has 6 nitrogen and oxygen atoms in total. The Morgan fingerprint density at radius 1 is 1.04 bits per heavy atom. The summed E-state index contributed by atoms with van der Waals surface area (Å²) in [5, 5.41) is 15.1. The van der Waals surface area contributed by atoms with E-state index < -0.39 is 0 Å². The summed E-state index contributed by atoms with van der Waals surface area (Å²) in [6, 6.07) is 16.6. The molecule has 2 aromatic carbocycles. The van der Waals surface area contributed by atoms with E-state index in [1.165, 1.54) is 12.1 Å². The van der Waals surface area contributed by atoms with Gasteiger partial charge in [0.1, 0.15) is 0 Å². The Kier molecular flexibility index (Phi) is 4.67. The van der Waals surface area contributed by atoms with Crippen LogP contribution in [-0.2, 0) is 13.1 Å². The van der Waals surface area contributed by atoms with Gasteiger partial charge in [-0.05, 0) is 24.7 Å². The fraction of sp³-hybridized carbons (Fsp3) is 0.167. The lowest BCUT2D eigenvalue weighted by Crippen LogP contribution is -2.16.